The van der Waals surface area contributed by atoms with Crippen molar-refractivity contribution in [1.29, 1.82) is 0 Å². The molecule has 3 nitrogen and oxygen atoms in total. The molecule has 0 unspecified atom stereocenters. The highest BCUT2D eigenvalue weighted by molar-refractivity contribution is 5.19. The van der Waals surface area contributed by atoms with Crippen molar-refractivity contribution >= 4 is 0 Å². The molecule has 68 valence electrons. The van der Waals surface area contributed by atoms with Crippen LogP contribution in [0.5, 0.6) is 0 Å². The van der Waals surface area contributed by atoms with Crippen molar-refractivity contribution in [3.05, 3.63) is 12.2 Å². The van der Waals surface area contributed by atoms with Gasteiger partial charge in [0.2, 0.25) is 0 Å². The lowest BCUT2D eigenvalue weighted by atomic mass is 10.0. The van der Waals surface area contributed by atoms with Crippen molar-refractivity contribution < 1.29 is 14.6 Å². The summed E-state index contributed by atoms with van der Waals surface area (Å²) in [6.07, 6.45) is 3.26. The molecule has 0 spiro atoms. The van der Waals surface area contributed by atoms with Crippen molar-refractivity contribution in [2.24, 2.45) is 0 Å². The van der Waals surface area contributed by atoms with E-state index in [-0.39, 0.29) is 12.2 Å². The van der Waals surface area contributed by atoms with Gasteiger partial charge in [0, 0.05) is 0 Å². The van der Waals surface area contributed by atoms with Crippen LogP contribution in [-0.2, 0) is 9.47 Å². The van der Waals surface area contributed by atoms with Gasteiger partial charge in [0.15, 0.2) is 5.79 Å². The smallest absolute Gasteiger partial charge is 0.164 e. The minimum Gasteiger partial charge on any atom is -0.383 e. The third-order valence-electron chi connectivity index (χ3n) is 2.33. The molecule has 1 aliphatic carbocycles. The topological polar surface area (TPSA) is 38.7 Å². The van der Waals surface area contributed by atoms with Gasteiger partial charge in [-0.15, -0.1) is 0 Å². The molecule has 2 rings (SSSR count). The van der Waals surface area contributed by atoms with Gasteiger partial charge in [-0.2, -0.15) is 0 Å². The molecule has 0 aromatic heterocycles. The lowest BCUT2D eigenvalue weighted by molar-refractivity contribution is -0.162. The summed E-state index contributed by atoms with van der Waals surface area (Å²) in [4.78, 5) is 0. The maximum absolute atomic E-state index is 9.81. The summed E-state index contributed by atoms with van der Waals surface area (Å²) in [7, 11) is 0. The first-order valence-electron chi connectivity index (χ1n) is 4.18. The van der Waals surface area contributed by atoms with Crippen molar-refractivity contribution in [1.82, 2.24) is 0 Å². The normalized spacial score (nSPS) is 49.7. The first-order chi connectivity index (χ1) is 5.41. The molecule has 2 aliphatic rings. The Morgan fingerprint density at radius 2 is 1.92 bits per heavy atom. The van der Waals surface area contributed by atoms with E-state index in [0.29, 0.717) is 0 Å². The second kappa shape index (κ2) is 2.10. The molecule has 1 heterocycles. The summed E-state index contributed by atoms with van der Waals surface area (Å²) >= 11 is 0. The van der Waals surface area contributed by atoms with Gasteiger partial charge < -0.3 is 14.6 Å². The highest BCUT2D eigenvalue weighted by atomic mass is 16.8. The second-order valence-corrected chi connectivity index (χ2v) is 4.11. The van der Waals surface area contributed by atoms with Crippen LogP contribution in [0.2, 0.25) is 0 Å². The van der Waals surface area contributed by atoms with Gasteiger partial charge in [0.05, 0.1) is 0 Å². The summed E-state index contributed by atoms with van der Waals surface area (Å²) in [5, 5.41) is 9.81. The minimum atomic E-state index is -0.877. The van der Waals surface area contributed by atoms with E-state index in [9.17, 15) is 5.11 Å². The Kier molecular flexibility index (Phi) is 1.44. The molecule has 1 fully saturated rings. The van der Waals surface area contributed by atoms with E-state index in [4.69, 9.17) is 9.47 Å². The molecule has 1 aliphatic heterocycles. The molecule has 0 saturated carbocycles. The Hall–Kier alpha value is -0.380. The first kappa shape index (κ1) is 8.23. The molecule has 3 atom stereocenters. The Morgan fingerprint density at radius 1 is 1.25 bits per heavy atom. The van der Waals surface area contributed by atoms with Gasteiger partial charge in [-0.25, -0.2) is 0 Å². The van der Waals surface area contributed by atoms with Gasteiger partial charge in [0.1, 0.15) is 17.8 Å². The number of fused-ring (bicyclic) bond motifs is 1. The van der Waals surface area contributed by atoms with E-state index < -0.39 is 11.4 Å². The molecule has 0 amide bonds. The number of hydrogen-bond acceptors (Lipinski definition) is 3. The second-order valence-electron chi connectivity index (χ2n) is 4.11. The standard InChI is InChI=1S/C9H14O3/c1-8(2)11-6-4-5-9(3,10)7(6)12-8/h4-7,10H,1-3H3/t6-,7-,9-/m0/s1. The molecule has 3 heteroatoms. The summed E-state index contributed by atoms with van der Waals surface area (Å²) in [5.41, 5.74) is -0.877. The highest BCUT2D eigenvalue weighted by Gasteiger charge is 2.51. The van der Waals surface area contributed by atoms with Crippen LogP contribution < -0.4 is 0 Å². The van der Waals surface area contributed by atoms with E-state index in [1.807, 2.05) is 19.9 Å². The maximum Gasteiger partial charge on any atom is 0.164 e. The van der Waals surface area contributed by atoms with Crippen LogP contribution in [0.4, 0.5) is 0 Å². The third-order valence-corrected chi connectivity index (χ3v) is 2.33. The average Bonchev–Trinajstić information content (AvgIpc) is 2.31. The highest BCUT2D eigenvalue weighted by Crippen LogP contribution is 2.39. The first-order valence-corrected chi connectivity index (χ1v) is 4.18. The van der Waals surface area contributed by atoms with E-state index in [2.05, 4.69) is 0 Å². The van der Waals surface area contributed by atoms with Crippen molar-refractivity contribution in [2.75, 3.05) is 0 Å². The zero-order valence-corrected chi connectivity index (χ0v) is 7.57. The van der Waals surface area contributed by atoms with Crippen LogP contribution >= 0.6 is 0 Å². The van der Waals surface area contributed by atoms with E-state index in [0.717, 1.165) is 0 Å². The Morgan fingerprint density at radius 3 is 2.50 bits per heavy atom. The molecular formula is C9H14O3. The molecule has 0 bridgehead atoms. The SMILES string of the molecule is CC1(C)O[C@H]2C=C[C@](C)(O)[C@H]2O1. The molecule has 0 radical (unpaired) electrons. The predicted octanol–water partition coefficient (Wildman–Crippen LogP) is 0.827. The maximum atomic E-state index is 9.81. The third kappa shape index (κ3) is 1.09. The van der Waals surface area contributed by atoms with Crippen LogP contribution in [0.1, 0.15) is 20.8 Å². The van der Waals surface area contributed by atoms with Gasteiger partial charge >= 0.3 is 0 Å². The van der Waals surface area contributed by atoms with Gasteiger partial charge in [-0.05, 0) is 20.8 Å². The van der Waals surface area contributed by atoms with Gasteiger partial charge in [-0.3, -0.25) is 0 Å². The van der Waals surface area contributed by atoms with E-state index in [1.54, 1.807) is 13.0 Å². The fourth-order valence-corrected chi connectivity index (χ4v) is 1.77. The minimum absolute atomic E-state index is 0.0880. The monoisotopic (exact) mass is 170 g/mol. The largest absolute Gasteiger partial charge is 0.383 e. The quantitative estimate of drug-likeness (QED) is 0.547. The van der Waals surface area contributed by atoms with E-state index in [1.165, 1.54) is 0 Å². The van der Waals surface area contributed by atoms with Crippen LogP contribution in [0.15, 0.2) is 12.2 Å². The fraction of sp³-hybridized carbons (Fsp3) is 0.778. The molecular weight excluding hydrogens is 156 g/mol. The summed E-state index contributed by atoms with van der Waals surface area (Å²) < 4.78 is 11.1. The van der Waals surface area contributed by atoms with Crippen LogP contribution in [0, 0.1) is 0 Å². The lowest BCUT2D eigenvalue weighted by Crippen LogP contribution is -2.39. The predicted molar refractivity (Wildman–Crippen MR) is 43.6 cm³/mol. The van der Waals surface area contributed by atoms with E-state index >= 15 is 0 Å². The van der Waals surface area contributed by atoms with Gasteiger partial charge in [0.25, 0.3) is 0 Å². The van der Waals surface area contributed by atoms with Crippen LogP contribution in [0.3, 0.4) is 0 Å². The lowest BCUT2D eigenvalue weighted by Gasteiger charge is -2.24. The number of rotatable bonds is 0. The summed E-state index contributed by atoms with van der Waals surface area (Å²) in [6.45, 7) is 5.45. The van der Waals surface area contributed by atoms with Crippen LogP contribution in [0.25, 0.3) is 0 Å². The number of aliphatic hydroxyl groups is 1. The fourth-order valence-electron chi connectivity index (χ4n) is 1.77. The molecule has 12 heavy (non-hydrogen) atoms. The number of ether oxygens (including phenoxy) is 2. The zero-order chi connectivity index (χ0) is 8.98. The van der Waals surface area contributed by atoms with Crippen molar-refractivity contribution in [3.63, 3.8) is 0 Å². The Bertz CT molecular complexity index is 230. The molecule has 0 aromatic carbocycles. The van der Waals surface area contributed by atoms with Crippen molar-refractivity contribution in [2.45, 2.75) is 44.4 Å². The molecule has 0 aromatic rings. The average molecular weight is 170 g/mol. The summed E-state index contributed by atoms with van der Waals surface area (Å²) in [5.74, 6) is -0.565. The Balaban J connectivity index is 2.23. The Labute approximate surface area is 72.0 Å². The van der Waals surface area contributed by atoms with Crippen molar-refractivity contribution in [3.8, 4) is 0 Å². The zero-order valence-electron chi connectivity index (χ0n) is 7.57. The van der Waals surface area contributed by atoms with Crippen LogP contribution in [-0.4, -0.2) is 28.7 Å². The van der Waals surface area contributed by atoms with Gasteiger partial charge in [-0.1, -0.05) is 12.2 Å². The molecule has 1 saturated heterocycles. The summed E-state index contributed by atoms with van der Waals surface area (Å²) in [6, 6.07) is 0. The molecule has 1 N–H and O–H groups in total. The number of hydrogen-bond donors (Lipinski definition) is 1.